The molecule has 4 nitrogen and oxygen atoms in total. The maximum absolute atomic E-state index is 13.2. The average molecular weight is 489 g/mol. The summed E-state index contributed by atoms with van der Waals surface area (Å²) in [5, 5.41) is -0.315. The molecule has 1 aromatic rings. The van der Waals surface area contributed by atoms with Crippen LogP contribution in [0.3, 0.4) is 0 Å². The Morgan fingerprint density at radius 1 is 1.00 bits per heavy atom. The highest BCUT2D eigenvalue weighted by Gasteiger charge is 2.26. The summed E-state index contributed by atoms with van der Waals surface area (Å²) in [5.41, 5.74) is 0. The van der Waals surface area contributed by atoms with Crippen LogP contribution in [-0.4, -0.2) is 33.2 Å². The number of unbranched alkanes of at least 4 members (excludes halogenated alkanes) is 6. The molecular weight excluding hydrogens is 444 g/mol. The Balaban J connectivity index is 1.69. The summed E-state index contributed by atoms with van der Waals surface area (Å²) in [4.78, 5) is 0.450. The quantitative estimate of drug-likeness (QED) is 0.140. The van der Waals surface area contributed by atoms with Crippen LogP contribution in [0, 0.1) is 11.8 Å². The third-order valence-electron chi connectivity index (χ3n) is 6.24. The first-order chi connectivity index (χ1) is 16.6. The van der Waals surface area contributed by atoms with Gasteiger partial charge < -0.3 is 9.47 Å². The number of ether oxygens (including phenoxy) is 2. The lowest BCUT2D eigenvalue weighted by atomic mass is 10.1. The van der Waals surface area contributed by atoms with Gasteiger partial charge in [0.1, 0.15) is 6.61 Å². The first kappa shape index (κ1) is 28.6. The summed E-state index contributed by atoms with van der Waals surface area (Å²) in [7, 11) is -3.30. The highest BCUT2D eigenvalue weighted by atomic mass is 32.2. The zero-order chi connectivity index (χ0) is 24.3. The molecule has 1 aliphatic heterocycles. The molecular formula is C29H44O4S. The Hall–Kier alpha value is -1.61. The Kier molecular flexibility index (Phi) is 15.0. The van der Waals surface area contributed by atoms with Crippen LogP contribution in [0.5, 0.6) is 0 Å². The second-order valence-corrected chi connectivity index (χ2v) is 11.3. The van der Waals surface area contributed by atoms with Crippen molar-refractivity contribution in [1.82, 2.24) is 0 Å². The minimum Gasteiger partial charge on any atom is -0.353 e. The smallest absolute Gasteiger partial charge is 0.181 e. The van der Waals surface area contributed by atoms with E-state index in [9.17, 15) is 8.42 Å². The van der Waals surface area contributed by atoms with Crippen LogP contribution in [0.1, 0.15) is 96.8 Å². The Labute approximate surface area is 208 Å². The van der Waals surface area contributed by atoms with E-state index in [0.29, 0.717) is 17.9 Å². The van der Waals surface area contributed by atoms with Crippen LogP contribution < -0.4 is 0 Å². The molecule has 0 N–H and O–H groups in total. The Morgan fingerprint density at radius 3 is 2.56 bits per heavy atom. The van der Waals surface area contributed by atoms with Gasteiger partial charge in [0.2, 0.25) is 0 Å². The molecule has 1 aromatic carbocycles. The number of allylic oxidation sites excluding steroid dienone is 2. The summed E-state index contributed by atoms with van der Waals surface area (Å²) in [5.74, 6) is 6.27. The average Bonchev–Trinajstić information content (AvgIpc) is 2.87. The molecule has 2 unspecified atom stereocenters. The number of benzene rings is 1. The number of sulfone groups is 1. The van der Waals surface area contributed by atoms with Crippen LogP contribution in [0.2, 0.25) is 0 Å². The molecule has 1 fully saturated rings. The van der Waals surface area contributed by atoms with E-state index in [0.717, 1.165) is 70.8 Å². The normalized spacial score (nSPS) is 17.4. The number of hydrogen-bond acceptors (Lipinski definition) is 4. The van der Waals surface area contributed by atoms with Gasteiger partial charge in [-0.2, -0.15) is 0 Å². The number of rotatable bonds is 16. The summed E-state index contributed by atoms with van der Waals surface area (Å²) >= 11 is 0. The van der Waals surface area contributed by atoms with Gasteiger partial charge in [0, 0.05) is 13.0 Å². The Bertz CT molecular complexity index is 830. The van der Waals surface area contributed by atoms with Gasteiger partial charge in [-0.05, 0) is 63.5 Å². The van der Waals surface area contributed by atoms with Crippen molar-refractivity contribution >= 4 is 9.84 Å². The van der Waals surface area contributed by atoms with Crippen molar-refractivity contribution in [1.29, 1.82) is 0 Å². The first-order valence-corrected chi connectivity index (χ1v) is 14.8. The van der Waals surface area contributed by atoms with Gasteiger partial charge in [0.15, 0.2) is 16.1 Å². The van der Waals surface area contributed by atoms with E-state index < -0.39 is 9.84 Å². The van der Waals surface area contributed by atoms with Gasteiger partial charge in [-0.3, -0.25) is 0 Å². The molecule has 0 amide bonds. The van der Waals surface area contributed by atoms with Crippen molar-refractivity contribution in [2.75, 3.05) is 13.2 Å². The lowest BCUT2D eigenvalue weighted by Crippen LogP contribution is -2.22. The van der Waals surface area contributed by atoms with Gasteiger partial charge in [-0.25, -0.2) is 8.42 Å². The molecule has 0 spiro atoms. The van der Waals surface area contributed by atoms with E-state index in [4.69, 9.17) is 9.47 Å². The zero-order valence-corrected chi connectivity index (χ0v) is 21.9. The first-order valence-electron chi connectivity index (χ1n) is 13.3. The van der Waals surface area contributed by atoms with Crippen molar-refractivity contribution < 1.29 is 17.9 Å². The second kappa shape index (κ2) is 17.8. The SMILES string of the molecule is CCCC/C=C\CCC(CCCCCCC#CCOC1CCCCO1)S(=O)(=O)c1ccccc1. The molecule has 1 aliphatic rings. The molecule has 1 heterocycles. The van der Waals surface area contributed by atoms with Crippen LogP contribution in [0.4, 0.5) is 0 Å². The summed E-state index contributed by atoms with van der Waals surface area (Å²) in [6.07, 6.45) is 18.2. The zero-order valence-electron chi connectivity index (χ0n) is 21.1. The second-order valence-electron chi connectivity index (χ2n) is 9.08. The molecule has 0 radical (unpaired) electrons. The van der Waals surface area contributed by atoms with Crippen molar-refractivity contribution in [3.63, 3.8) is 0 Å². The topological polar surface area (TPSA) is 52.6 Å². The van der Waals surface area contributed by atoms with Crippen molar-refractivity contribution in [3.8, 4) is 11.8 Å². The largest absolute Gasteiger partial charge is 0.353 e. The Morgan fingerprint density at radius 2 is 1.79 bits per heavy atom. The molecule has 2 rings (SSSR count). The monoisotopic (exact) mass is 488 g/mol. The fraction of sp³-hybridized carbons (Fsp3) is 0.655. The van der Waals surface area contributed by atoms with E-state index in [1.54, 1.807) is 12.1 Å². The summed E-state index contributed by atoms with van der Waals surface area (Å²) < 4.78 is 37.6. The molecule has 0 saturated carbocycles. The fourth-order valence-electron chi connectivity index (χ4n) is 4.15. The third kappa shape index (κ3) is 11.7. The summed E-state index contributed by atoms with van der Waals surface area (Å²) in [6, 6.07) is 8.93. The standard InChI is InChI=1S/C29H44O4S/c1-2-3-4-5-9-13-20-27(34(30,31)28-22-15-12-16-23-28)21-14-10-7-6-8-11-18-25-32-29-24-17-19-26-33-29/h5,9,12,15-16,22-23,27,29H,2-4,6-8,10,13-14,17,19-21,24-26H2,1H3/b9-5-. The van der Waals surface area contributed by atoms with Gasteiger partial charge in [0.25, 0.3) is 0 Å². The van der Waals surface area contributed by atoms with E-state index in [1.807, 2.05) is 18.2 Å². The van der Waals surface area contributed by atoms with Crippen LogP contribution in [0.25, 0.3) is 0 Å². The molecule has 0 bridgehead atoms. The van der Waals surface area contributed by atoms with Gasteiger partial charge in [-0.15, -0.1) is 5.92 Å². The molecule has 34 heavy (non-hydrogen) atoms. The van der Waals surface area contributed by atoms with E-state index in [2.05, 4.69) is 30.9 Å². The van der Waals surface area contributed by atoms with E-state index in [1.165, 1.54) is 19.3 Å². The minimum atomic E-state index is -3.30. The maximum Gasteiger partial charge on any atom is 0.181 e. The lowest BCUT2D eigenvalue weighted by Gasteiger charge is -2.21. The van der Waals surface area contributed by atoms with Gasteiger partial charge in [-0.1, -0.05) is 75.3 Å². The molecule has 190 valence electrons. The van der Waals surface area contributed by atoms with Crippen LogP contribution >= 0.6 is 0 Å². The fourth-order valence-corrected chi connectivity index (χ4v) is 6.00. The molecule has 0 aromatic heterocycles. The maximum atomic E-state index is 13.2. The van der Waals surface area contributed by atoms with Crippen molar-refractivity contribution in [2.45, 2.75) is 113 Å². The lowest BCUT2D eigenvalue weighted by molar-refractivity contribution is -0.154. The molecule has 5 heteroatoms. The van der Waals surface area contributed by atoms with Crippen molar-refractivity contribution in [2.24, 2.45) is 0 Å². The highest BCUT2D eigenvalue weighted by Crippen LogP contribution is 2.24. The molecule has 2 atom stereocenters. The predicted molar refractivity (Wildman–Crippen MR) is 140 cm³/mol. The highest BCUT2D eigenvalue weighted by molar-refractivity contribution is 7.92. The van der Waals surface area contributed by atoms with E-state index in [-0.39, 0.29) is 11.5 Å². The van der Waals surface area contributed by atoms with Crippen molar-refractivity contribution in [3.05, 3.63) is 42.5 Å². The van der Waals surface area contributed by atoms with Crippen LogP contribution in [-0.2, 0) is 19.3 Å². The third-order valence-corrected chi connectivity index (χ3v) is 8.52. The molecule has 0 aliphatic carbocycles. The minimum absolute atomic E-state index is 0.0741. The summed E-state index contributed by atoms with van der Waals surface area (Å²) in [6.45, 7) is 3.42. The predicted octanol–water partition coefficient (Wildman–Crippen LogP) is 7.24. The van der Waals surface area contributed by atoms with E-state index >= 15 is 0 Å². The van der Waals surface area contributed by atoms with Gasteiger partial charge >= 0.3 is 0 Å². The molecule has 1 saturated heterocycles. The van der Waals surface area contributed by atoms with Crippen LogP contribution in [0.15, 0.2) is 47.4 Å². The van der Waals surface area contributed by atoms with Gasteiger partial charge in [0.05, 0.1) is 10.1 Å². The number of hydrogen-bond donors (Lipinski definition) is 0.